The standard InChI is InChI=1S/C14H12FNO3S/c1-8-4-5-9(10(15)7-8)13(17)16-12(14(18)19)11-3-2-6-20-11/h2-7,12H,1H3,(H,16,17)(H,18,19). The summed E-state index contributed by atoms with van der Waals surface area (Å²) in [6, 6.07) is 6.29. The second kappa shape index (κ2) is 5.83. The first-order chi connectivity index (χ1) is 9.49. The second-order valence-corrected chi connectivity index (χ2v) is 5.22. The molecule has 2 N–H and O–H groups in total. The summed E-state index contributed by atoms with van der Waals surface area (Å²) in [5.41, 5.74) is 0.519. The maximum absolute atomic E-state index is 13.7. The maximum Gasteiger partial charge on any atom is 0.331 e. The van der Waals surface area contributed by atoms with Gasteiger partial charge in [-0.15, -0.1) is 11.3 Å². The Labute approximate surface area is 118 Å². The number of thiophene rings is 1. The van der Waals surface area contributed by atoms with E-state index >= 15 is 0 Å². The lowest BCUT2D eigenvalue weighted by atomic mass is 10.1. The first-order valence-electron chi connectivity index (χ1n) is 5.82. The molecule has 0 bridgehead atoms. The molecule has 2 rings (SSSR count). The molecule has 0 saturated heterocycles. The van der Waals surface area contributed by atoms with Gasteiger partial charge in [0.1, 0.15) is 5.82 Å². The topological polar surface area (TPSA) is 66.4 Å². The molecule has 6 heteroatoms. The normalized spacial score (nSPS) is 11.9. The minimum Gasteiger partial charge on any atom is -0.479 e. The Bertz CT molecular complexity index is 640. The molecule has 2 aromatic rings. The van der Waals surface area contributed by atoms with Gasteiger partial charge in [-0.2, -0.15) is 0 Å². The molecule has 0 aliphatic rings. The summed E-state index contributed by atoms with van der Waals surface area (Å²) >= 11 is 1.21. The summed E-state index contributed by atoms with van der Waals surface area (Å²) in [5, 5.41) is 13.2. The second-order valence-electron chi connectivity index (χ2n) is 4.24. The number of carboxylic acids is 1. The molecule has 0 fully saturated rings. The number of amides is 1. The molecule has 0 spiro atoms. The zero-order chi connectivity index (χ0) is 14.7. The largest absolute Gasteiger partial charge is 0.479 e. The maximum atomic E-state index is 13.7. The van der Waals surface area contributed by atoms with Gasteiger partial charge in [0.25, 0.3) is 5.91 Å². The Kier molecular flexibility index (Phi) is 4.14. The van der Waals surface area contributed by atoms with E-state index in [-0.39, 0.29) is 5.56 Å². The number of benzene rings is 1. The van der Waals surface area contributed by atoms with Crippen molar-refractivity contribution in [1.29, 1.82) is 0 Å². The van der Waals surface area contributed by atoms with E-state index < -0.39 is 23.7 Å². The van der Waals surface area contributed by atoms with Crippen molar-refractivity contribution < 1.29 is 19.1 Å². The Morgan fingerprint density at radius 1 is 1.35 bits per heavy atom. The molecule has 0 aliphatic carbocycles. The van der Waals surface area contributed by atoms with E-state index in [1.165, 1.54) is 23.5 Å². The minimum absolute atomic E-state index is 0.168. The summed E-state index contributed by atoms with van der Waals surface area (Å²) in [4.78, 5) is 23.7. The summed E-state index contributed by atoms with van der Waals surface area (Å²) in [6.07, 6.45) is 0. The molecule has 104 valence electrons. The quantitative estimate of drug-likeness (QED) is 0.911. The summed E-state index contributed by atoms with van der Waals surface area (Å²) in [7, 11) is 0. The van der Waals surface area contributed by atoms with Gasteiger partial charge in [-0.05, 0) is 36.1 Å². The molecule has 4 nitrogen and oxygen atoms in total. The molecular weight excluding hydrogens is 281 g/mol. The number of hydrogen-bond donors (Lipinski definition) is 2. The highest BCUT2D eigenvalue weighted by Crippen LogP contribution is 2.20. The number of aliphatic carboxylic acids is 1. The third kappa shape index (κ3) is 3.03. The molecule has 1 unspecified atom stereocenters. The van der Waals surface area contributed by atoms with Gasteiger partial charge < -0.3 is 10.4 Å². The van der Waals surface area contributed by atoms with Gasteiger partial charge in [0.05, 0.1) is 5.56 Å². The molecule has 0 aliphatic heterocycles. The molecule has 1 aromatic carbocycles. The van der Waals surface area contributed by atoms with Crippen molar-refractivity contribution in [2.45, 2.75) is 13.0 Å². The first kappa shape index (κ1) is 14.2. The Morgan fingerprint density at radius 3 is 2.65 bits per heavy atom. The number of aryl methyl sites for hydroxylation is 1. The lowest BCUT2D eigenvalue weighted by molar-refractivity contribution is -0.139. The van der Waals surface area contributed by atoms with Crippen molar-refractivity contribution in [3.8, 4) is 0 Å². The number of carboxylic acid groups (broad SMARTS) is 1. The van der Waals surface area contributed by atoms with Crippen LogP contribution in [0.1, 0.15) is 26.8 Å². The zero-order valence-electron chi connectivity index (χ0n) is 10.6. The number of rotatable bonds is 4. The number of nitrogens with one attached hydrogen (secondary N) is 1. The molecule has 1 amide bonds. The van der Waals surface area contributed by atoms with E-state index in [0.29, 0.717) is 10.4 Å². The zero-order valence-corrected chi connectivity index (χ0v) is 11.4. The average Bonchev–Trinajstić information content (AvgIpc) is 2.88. The molecular formula is C14H12FNO3S. The highest BCUT2D eigenvalue weighted by Gasteiger charge is 2.24. The van der Waals surface area contributed by atoms with E-state index in [1.807, 2.05) is 0 Å². The fraction of sp³-hybridized carbons (Fsp3) is 0.143. The van der Waals surface area contributed by atoms with Crippen LogP contribution < -0.4 is 5.32 Å². The minimum atomic E-state index is -1.19. The van der Waals surface area contributed by atoms with Crippen molar-refractivity contribution in [3.05, 3.63) is 57.5 Å². The smallest absolute Gasteiger partial charge is 0.331 e. The number of hydrogen-bond acceptors (Lipinski definition) is 3. The van der Waals surface area contributed by atoms with Gasteiger partial charge in [-0.3, -0.25) is 4.79 Å². The van der Waals surface area contributed by atoms with Crippen LogP contribution in [0.3, 0.4) is 0 Å². The summed E-state index contributed by atoms with van der Waals surface area (Å²) in [5.74, 6) is -2.60. The summed E-state index contributed by atoms with van der Waals surface area (Å²) in [6.45, 7) is 1.70. The molecule has 1 heterocycles. The van der Waals surface area contributed by atoms with Crippen molar-refractivity contribution in [2.75, 3.05) is 0 Å². The van der Waals surface area contributed by atoms with Gasteiger partial charge in [0, 0.05) is 4.88 Å². The van der Waals surface area contributed by atoms with Crippen LogP contribution in [0.15, 0.2) is 35.7 Å². The third-order valence-corrected chi connectivity index (χ3v) is 3.66. The highest BCUT2D eigenvalue weighted by molar-refractivity contribution is 7.10. The predicted molar refractivity (Wildman–Crippen MR) is 73.3 cm³/mol. The fourth-order valence-corrected chi connectivity index (χ4v) is 2.49. The Hall–Kier alpha value is -2.21. The molecule has 0 saturated carbocycles. The Balaban J connectivity index is 2.23. The van der Waals surface area contributed by atoms with Crippen LogP contribution in [-0.4, -0.2) is 17.0 Å². The van der Waals surface area contributed by atoms with Crippen LogP contribution in [0.25, 0.3) is 0 Å². The van der Waals surface area contributed by atoms with Crippen molar-refractivity contribution >= 4 is 23.2 Å². The highest BCUT2D eigenvalue weighted by atomic mass is 32.1. The van der Waals surface area contributed by atoms with Gasteiger partial charge in [-0.1, -0.05) is 12.1 Å². The Morgan fingerprint density at radius 2 is 2.10 bits per heavy atom. The van der Waals surface area contributed by atoms with Crippen LogP contribution in [0, 0.1) is 12.7 Å². The van der Waals surface area contributed by atoms with Crippen molar-refractivity contribution in [1.82, 2.24) is 5.32 Å². The monoisotopic (exact) mass is 293 g/mol. The third-order valence-electron chi connectivity index (χ3n) is 2.72. The fourth-order valence-electron chi connectivity index (χ4n) is 1.72. The van der Waals surface area contributed by atoms with E-state index in [1.54, 1.807) is 30.5 Å². The van der Waals surface area contributed by atoms with Gasteiger partial charge in [0.2, 0.25) is 0 Å². The predicted octanol–water partition coefficient (Wildman–Crippen LogP) is 2.75. The first-order valence-corrected chi connectivity index (χ1v) is 6.70. The molecule has 1 aromatic heterocycles. The van der Waals surface area contributed by atoms with Gasteiger partial charge >= 0.3 is 5.97 Å². The van der Waals surface area contributed by atoms with Crippen LogP contribution >= 0.6 is 11.3 Å². The van der Waals surface area contributed by atoms with E-state index in [2.05, 4.69) is 5.32 Å². The van der Waals surface area contributed by atoms with Crippen LogP contribution in [0.2, 0.25) is 0 Å². The van der Waals surface area contributed by atoms with Crippen LogP contribution in [-0.2, 0) is 4.79 Å². The van der Waals surface area contributed by atoms with E-state index in [4.69, 9.17) is 5.11 Å². The summed E-state index contributed by atoms with van der Waals surface area (Å²) < 4.78 is 13.7. The molecule has 1 atom stereocenters. The van der Waals surface area contributed by atoms with Crippen LogP contribution in [0.4, 0.5) is 4.39 Å². The number of halogens is 1. The van der Waals surface area contributed by atoms with E-state index in [9.17, 15) is 14.0 Å². The average molecular weight is 293 g/mol. The van der Waals surface area contributed by atoms with Gasteiger partial charge in [0.15, 0.2) is 6.04 Å². The lowest BCUT2D eigenvalue weighted by Crippen LogP contribution is -2.33. The molecule has 0 radical (unpaired) electrons. The van der Waals surface area contributed by atoms with Crippen LogP contribution in [0.5, 0.6) is 0 Å². The van der Waals surface area contributed by atoms with E-state index in [0.717, 1.165) is 0 Å². The van der Waals surface area contributed by atoms with Gasteiger partial charge in [-0.25, -0.2) is 9.18 Å². The van der Waals surface area contributed by atoms with Crippen molar-refractivity contribution in [2.24, 2.45) is 0 Å². The lowest BCUT2D eigenvalue weighted by Gasteiger charge is -2.13. The number of carbonyl (C=O) groups excluding carboxylic acids is 1. The SMILES string of the molecule is Cc1ccc(C(=O)NC(C(=O)O)c2cccs2)c(F)c1. The van der Waals surface area contributed by atoms with Crippen molar-refractivity contribution in [3.63, 3.8) is 0 Å². The molecule has 20 heavy (non-hydrogen) atoms. The number of carbonyl (C=O) groups is 2.